The van der Waals surface area contributed by atoms with E-state index in [-0.39, 0.29) is 41.5 Å². The lowest BCUT2D eigenvalue weighted by Gasteiger charge is -2.37. The number of nitrogens with zero attached hydrogens (tertiary/aromatic N) is 2. The minimum atomic E-state index is -1.46. The highest BCUT2D eigenvalue weighted by Gasteiger charge is 2.53. The molecule has 0 aromatic carbocycles. The number of carbonyl (C=O) groups is 4. The highest BCUT2D eigenvalue weighted by Crippen LogP contribution is 2.53. The monoisotopic (exact) mass is 541 g/mol. The predicted molar refractivity (Wildman–Crippen MR) is 138 cm³/mol. The summed E-state index contributed by atoms with van der Waals surface area (Å²) in [4.78, 5) is 55.1. The van der Waals surface area contributed by atoms with Crippen LogP contribution in [0.1, 0.15) is 52.3 Å². The summed E-state index contributed by atoms with van der Waals surface area (Å²) in [5.41, 5.74) is 6.97. The number of hydrogen-bond acceptors (Lipinski definition) is 11. The molecule has 0 saturated carbocycles. The molecule has 0 bridgehead atoms. The summed E-state index contributed by atoms with van der Waals surface area (Å²) in [5, 5.41) is 11.9. The number of fused-ring (bicyclic) bond motifs is 1. The van der Waals surface area contributed by atoms with Crippen LogP contribution in [0.5, 0.6) is 0 Å². The maximum absolute atomic E-state index is 13.6. The van der Waals surface area contributed by atoms with Crippen molar-refractivity contribution in [3.8, 4) is 6.07 Å². The third kappa shape index (κ3) is 4.96. The van der Waals surface area contributed by atoms with Gasteiger partial charge in [0.1, 0.15) is 17.5 Å². The van der Waals surface area contributed by atoms with E-state index >= 15 is 0 Å². The number of nitriles is 1. The maximum Gasteiger partial charge on any atom is 0.336 e. The van der Waals surface area contributed by atoms with Gasteiger partial charge in [0.2, 0.25) is 0 Å². The van der Waals surface area contributed by atoms with Crippen LogP contribution < -0.4 is 5.73 Å². The lowest BCUT2D eigenvalue weighted by molar-refractivity contribution is -0.156. The second kappa shape index (κ2) is 11.6. The van der Waals surface area contributed by atoms with Crippen LogP contribution in [0.25, 0.3) is 0 Å². The van der Waals surface area contributed by atoms with Gasteiger partial charge in [-0.05, 0) is 53.0 Å². The average molecular weight is 542 g/mol. The molecule has 2 N–H and O–H groups in total. The van der Waals surface area contributed by atoms with Crippen molar-refractivity contribution in [2.24, 2.45) is 17.6 Å². The fraction of sp³-hybridized carbons (Fsp3) is 0.444. The molecule has 2 aliphatic heterocycles. The second-order valence-corrected chi connectivity index (χ2v) is 9.96. The Hall–Kier alpha value is -3.91. The van der Waals surface area contributed by atoms with Crippen LogP contribution in [0.2, 0.25) is 0 Å². The van der Waals surface area contributed by atoms with Crippen molar-refractivity contribution in [3.63, 3.8) is 0 Å². The van der Waals surface area contributed by atoms with Crippen molar-refractivity contribution in [1.29, 1.82) is 5.26 Å². The van der Waals surface area contributed by atoms with E-state index in [4.69, 9.17) is 19.9 Å². The normalized spacial score (nSPS) is 19.8. The zero-order valence-corrected chi connectivity index (χ0v) is 23.0. The molecule has 0 spiro atoms. The van der Waals surface area contributed by atoms with Gasteiger partial charge in [-0.2, -0.15) is 5.26 Å². The van der Waals surface area contributed by atoms with Crippen LogP contribution in [0.4, 0.5) is 0 Å². The van der Waals surface area contributed by atoms with E-state index < -0.39 is 47.5 Å². The summed E-state index contributed by atoms with van der Waals surface area (Å²) in [7, 11) is 0. The summed E-state index contributed by atoms with van der Waals surface area (Å²) in [6.45, 7) is 9.52. The van der Waals surface area contributed by atoms with Gasteiger partial charge in [0.05, 0.1) is 53.9 Å². The summed E-state index contributed by atoms with van der Waals surface area (Å²) in [6.07, 6.45) is -0.533. The quantitative estimate of drug-likeness (QED) is 0.280. The Morgan fingerprint density at radius 1 is 1.13 bits per heavy atom. The third-order valence-corrected chi connectivity index (χ3v) is 7.19. The summed E-state index contributed by atoms with van der Waals surface area (Å²) in [6, 6.07) is 5.56. The van der Waals surface area contributed by atoms with Crippen molar-refractivity contribution in [3.05, 3.63) is 56.3 Å². The number of carbonyl (C=O) groups excluding carboxylic acids is 4. The Morgan fingerprint density at radius 3 is 2.21 bits per heavy atom. The summed E-state index contributed by atoms with van der Waals surface area (Å²) < 4.78 is 16.2. The van der Waals surface area contributed by atoms with E-state index in [2.05, 4.69) is 0 Å². The fourth-order valence-corrected chi connectivity index (χ4v) is 5.74. The zero-order valence-electron chi connectivity index (χ0n) is 22.2. The number of rotatable bonds is 9. The summed E-state index contributed by atoms with van der Waals surface area (Å²) >= 11 is 1.31. The largest absolute Gasteiger partial charge is 0.463 e. The van der Waals surface area contributed by atoms with E-state index in [0.29, 0.717) is 10.6 Å². The van der Waals surface area contributed by atoms with Crippen LogP contribution >= 0.6 is 11.3 Å². The number of Topliss-reactive ketones (excluding diaryl/α,β-unsaturated/α-hetero) is 1. The highest BCUT2D eigenvalue weighted by molar-refractivity contribution is 7.10. The number of allylic oxidation sites excluding steroid dienone is 2. The van der Waals surface area contributed by atoms with E-state index in [9.17, 15) is 24.4 Å². The molecule has 11 heteroatoms. The minimum Gasteiger partial charge on any atom is -0.463 e. The molecule has 202 valence electrons. The van der Waals surface area contributed by atoms with Gasteiger partial charge >= 0.3 is 17.9 Å². The molecule has 0 aliphatic carbocycles. The molecule has 2 aliphatic rings. The van der Waals surface area contributed by atoms with Gasteiger partial charge in [-0.25, -0.2) is 9.59 Å². The molecule has 10 nitrogen and oxygen atoms in total. The lowest BCUT2D eigenvalue weighted by atomic mass is 9.76. The van der Waals surface area contributed by atoms with Gasteiger partial charge < -0.3 is 24.8 Å². The molecule has 0 amide bonds. The van der Waals surface area contributed by atoms with Gasteiger partial charge in [0.25, 0.3) is 0 Å². The van der Waals surface area contributed by atoms with Crippen LogP contribution in [0.15, 0.2) is 51.4 Å². The molecule has 0 radical (unpaired) electrons. The van der Waals surface area contributed by atoms with Crippen molar-refractivity contribution in [2.75, 3.05) is 13.2 Å². The third-order valence-electron chi connectivity index (χ3n) is 6.26. The van der Waals surface area contributed by atoms with Gasteiger partial charge in [0, 0.05) is 16.3 Å². The number of ether oxygens (including phenoxy) is 3. The topological polar surface area (TPSA) is 149 Å². The molecule has 3 atom stereocenters. The minimum absolute atomic E-state index is 0.00440. The van der Waals surface area contributed by atoms with Gasteiger partial charge in [0.15, 0.2) is 0 Å². The Morgan fingerprint density at radius 2 is 1.74 bits per heavy atom. The molecule has 38 heavy (non-hydrogen) atoms. The van der Waals surface area contributed by atoms with Crippen LogP contribution in [-0.2, 0) is 33.4 Å². The number of esters is 3. The molecule has 3 rings (SSSR count). The van der Waals surface area contributed by atoms with Crippen molar-refractivity contribution < 1.29 is 33.4 Å². The van der Waals surface area contributed by atoms with E-state index in [0.717, 1.165) is 0 Å². The second-order valence-electron chi connectivity index (χ2n) is 8.99. The van der Waals surface area contributed by atoms with Crippen LogP contribution in [-0.4, -0.2) is 47.9 Å². The maximum atomic E-state index is 13.6. The molecule has 1 aromatic rings. The van der Waals surface area contributed by atoms with Crippen molar-refractivity contribution in [1.82, 2.24) is 4.90 Å². The predicted octanol–water partition coefficient (Wildman–Crippen LogP) is 3.28. The van der Waals surface area contributed by atoms with Crippen LogP contribution in [0.3, 0.4) is 0 Å². The number of hydrogen-bond donors (Lipinski definition) is 1. The summed E-state index contributed by atoms with van der Waals surface area (Å²) in [5.74, 6) is -6.58. The first-order chi connectivity index (χ1) is 18.0. The number of thiophene rings is 1. The molecular weight excluding hydrogens is 510 g/mol. The van der Waals surface area contributed by atoms with Gasteiger partial charge in [-0.1, -0.05) is 6.07 Å². The molecule has 0 fully saturated rings. The molecular formula is C27H31N3O7S. The smallest absolute Gasteiger partial charge is 0.336 e. The van der Waals surface area contributed by atoms with E-state index in [1.54, 1.807) is 52.1 Å². The SMILES string of the molecule is CCOC(=O)C1=C(C)N2C(N)=C(C#N)[C@@H]([C@H](C(C)=O)C(=O)OC(C)C)C2=C(C(=O)OCC)[C@@H]1c1cccs1. The van der Waals surface area contributed by atoms with Crippen molar-refractivity contribution >= 4 is 35.0 Å². The highest BCUT2D eigenvalue weighted by atomic mass is 32.1. The van der Waals surface area contributed by atoms with Gasteiger partial charge in [-0.15, -0.1) is 11.3 Å². The van der Waals surface area contributed by atoms with Crippen LogP contribution in [0, 0.1) is 23.2 Å². The molecule has 0 unspecified atom stereocenters. The Labute approximate surface area is 225 Å². The average Bonchev–Trinajstić information content (AvgIpc) is 3.45. The number of ketones is 1. The first kappa shape index (κ1) is 28.7. The Kier molecular flexibility index (Phi) is 8.78. The fourth-order valence-electron chi connectivity index (χ4n) is 4.90. The first-order valence-electron chi connectivity index (χ1n) is 12.2. The van der Waals surface area contributed by atoms with Crippen molar-refractivity contribution in [2.45, 2.75) is 53.6 Å². The molecule has 0 saturated heterocycles. The Balaban J connectivity index is 2.45. The van der Waals surface area contributed by atoms with Gasteiger partial charge in [-0.3, -0.25) is 9.59 Å². The number of nitrogens with two attached hydrogens (primary N) is 1. The Bertz CT molecular complexity index is 1280. The molecule has 3 heterocycles. The molecule has 1 aromatic heterocycles. The lowest BCUT2D eigenvalue weighted by Crippen LogP contribution is -2.40. The zero-order chi connectivity index (χ0) is 28.3. The first-order valence-corrected chi connectivity index (χ1v) is 13.1. The van der Waals surface area contributed by atoms with E-state index in [1.165, 1.54) is 23.2 Å². The standard InChI is InChI=1S/C27H31N3O7S/c1-7-35-25(32)18-14(5)30-23(22(26(33)36-8-2)21(18)17-10-9-11-38-17)20(16(12-28)24(30)29)19(15(6)31)27(34)37-13(3)4/h9-11,13,19-21H,7-8,29H2,1-6H3/t19-,20-,21+/m0/s1. The van der Waals surface area contributed by atoms with E-state index in [1.807, 2.05) is 6.07 Å².